The van der Waals surface area contributed by atoms with Gasteiger partial charge in [-0.05, 0) is 69.9 Å². The van der Waals surface area contributed by atoms with Crippen LogP contribution < -0.4 is 4.74 Å². The second-order valence-electron chi connectivity index (χ2n) is 9.29. The van der Waals surface area contributed by atoms with E-state index in [4.69, 9.17) is 21.1 Å². The molecule has 1 saturated heterocycles. The number of aryl methyl sites for hydroxylation is 1. The van der Waals surface area contributed by atoms with E-state index in [1.54, 1.807) is 45.0 Å². The van der Waals surface area contributed by atoms with E-state index in [0.29, 0.717) is 16.3 Å². The van der Waals surface area contributed by atoms with E-state index >= 15 is 8.78 Å². The summed E-state index contributed by atoms with van der Waals surface area (Å²) in [5.74, 6) is -3.33. The van der Waals surface area contributed by atoms with Gasteiger partial charge in [0.15, 0.2) is 0 Å². The average molecular weight is 466 g/mol. The van der Waals surface area contributed by atoms with Crippen molar-refractivity contribution in [1.29, 1.82) is 0 Å². The van der Waals surface area contributed by atoms with Crippen LogP contribution >= 0.6 is 11.6 Å². The maximum Gasteiger partial charge on any atom is 0.410 e. The molecule has 2 aromatic carbocycles. The first-order chi connectivity index (χ1) is 15.0. The predicted molar refractivity (Wildman–Crippen MR) is 121 cm³/mol. The molecule has 0 aromatic heterocycles. The molecule has 0 saturated carbocycles. The van der Waals surface area contributed by atoms with Crippen molar-refractivity contribution in [3.8, 4) is 5.75 Å². The number of benzene rings is 2. The van der Waals surface area contributed by atoms with Crippen molar-refractivity contribution >= 4 is 17.7 Å². The van der Waals surface area contributed by atoms with Gasteiger partial charge in [-0.2, -0.15) is 0 Å². The third-order valence-corrected chi connectivity index (χ3v) is 5.75. The van der Waals surface area contributed by atoms with Crippen molar-refractivity contribution in [1.82, 2.24) is 4.90 Å². The van der Waals surface area contributed by atoms with Crippen LogP contribution in [-0.2, 0) is 17.3 Å². The molecule has 2 aromatic rings. The smallest absolute Gasteiger partial charge is 0.410 e. The summed E-state index contributed by atoms with van der Waals surface area (Å²) >= 11 is 6.19. The van der Waals surface area contributed by atoms with Gasteiger partial charge >= 0.3 is 6.09 Å². The van der Waals surface area contributed by atoms with Crippen LogP contribution in [0.3, 0.4) is 0 Å². The molecule has 0 unspecified atom stereocenters. The molecule has 1 fully saturated rings. The summed E-state index contributed by atoms with van der Waals surface area (Å²) in [6.07, 6.45) is -0.0223. The highest BCUT2D eigenvalue weighted by molar-refractivity contribution is 6.32. The standard InChI is InChI=1S/C25H30ClF2NO3/c1-17-8-9-22(21(26)14-17)31-16-18-6-5-7-20(15-18)25(27,28)19-10-12-29(13-11-19)23(30)32-24(2,3)4/h5-9,14-15,19H,10-13,16H2,1-4H3. The summed E-state index contributed by atoms with van der Waals surface area (Å²) < 4.78 is 41.7. The van der Waals surface area contributed by atoms with Crippen molar-refractivity contribution in [2.45, 2.75) is 58.7 Å². The molecule has 3 rings (SSSR count). The van der Waals surface area contributed by atoms with Gasteiger partial charge in [0.1, 0.15) is 18.0 Å². The zero-order valence-electron chi connectivity index (χ0n) is 19.0. The molecule has 0 aliphatic carbocycles. The minimum absolute atomic E-state index is 0.0377. The van der Waals surface area contributed by atoms with E-state index < -0.39 is 23.5 Å². The maximum absolute atomic E-state index is 15.3. The Labute approximate surface area is 193 Å². The van der Waals surface area contributed by atoms with Gasteiger partial charge < -0.3 is 14.4 Å². The van der Waals surface area contributed by atoms with Gasteiger partial charge in [0.2, 0.25) is 0 Å². The Balaban J connectivity index is 1.63. The number of rotatable bonds is 5. The van der Waals surface area contributed by atoms with Gasteiger partial charge in [-0.1, -0.05) is 35.9 Å². The van der Waals surface area contributed by atoms with Crippen molar-refractivity contribution < 1.29 is 23.0 Å². The van der Waals surface area contributed by atoms with Crippen LogP contribution in [0.1, 0.15) is 50.3 Å². The van der Waals surface area contributed by atoms with Gasteiger partial charge in [-0.25, -0.2) is 13.6 Å². The molecule has 0 bridgehead atoms. The number of hydrogen-bond donors (Lipinski definition) is 0. The van der Waals surface area contributed by atoms with E-state index in [9.17, 15) is 4.79 Å². The van der Waals surface area contributed by atoms with Crippen molar-refractivity contribution in [2.24, 2.45) is 5.92 Å². The summed E-state index contributed by atoms with van der Waals surface area (Å²) in [5.41, 5.74) is 1.01. The highest BCUT2D eigenvalue weighted by Gasteiger charge is 2.43. The van der Waals surface area contributed by atoms with Crippen LogP contribution in [0.5, 0.6) is 5.75 Å². The summed E-state index contributed by atoms with van der Waals surface area (Å²) in [7, 11) is 0. The van der Waals surface area contributed by atoms with E-state index in [2.05, 4.69) is 0 Å². The molecular weight excluding hydrogens is 436 g/mol. The lowest BCUT2D eigenvalue weighted by Crippen LogP contribution is -2.44. The number of piperidine rings is 1. The largest absolute Gasteiger partial charge is 0.487 e. The van der Waals surface area contributed by atoms with E-state index in [0.717, 1.165) is 5.56 Å². The molecule has 0 N–H and O–H groups in total. The number of ether oxygens (including phenoxy) is 2. The molecule has 0 spiro atoms. The second-order valence-corrected chi connectivity index (χ2v) is 9.69. The monoisotopic (exact) mass is 465 g/mol. The number of alkyl halides is 2. The molecule has 0 radical (unpaired) electrons. The molecule has 1 aliphatic heterocycles. The summed E-state index contributed by atoms with van der Waals surface area (Å²) in [6.45, 7) is 7.94. The zero-order chi connectivity index (χ0) is 23.5. The third-order valence-electron chi connectivity index (χ3n) is 5.45. The van der Waals surface area contributed by atoms with Crippen LogP contribution in [0.4, 0.5) is 13.6 Å². The fraction of sp³-hybridized carbons (Fsp3) is 0.480. The summed E-state index contributed by atoms with van der Waals surface area (Å²) in [4.78, 5) is 13.7. The maximum atomic E-state index is 15.3. The highest BCUT2D eigenvalue weighted by Crippen LogP contribution is 2.42. The lowest BCUT2D eigenvalue weighted by molar-refractivity contribution is -0.0862. The number of hydrogen-bond acceptors (Lipinski definition) is 3. The lowest BCUT2D eigenvalue weighted by atomic mass is 9.86. The quantitative estimate of drug-likeness (QED) is 0.478. The van der Waals surface area contributed by atoms with Crippen LogP contribution in [-0.4, -0.2) is 29.7 Å². The predicted octanol–water partition coefficient (Wildman–Crippen LogP) is 6.97. The molecule has 32 heavy (non-hydrogen) atoms. The molecular formula is C25H30ClF2NO3. The third kappa shape index (κ3) is 6.12. The molecule has 1 aliphatic rings. The number of nitrogens with zero attached hydrogens (tertiary/aromatic N) is 1. The molecule has 174 valence electrons. The van der Waals surface area contributed by atoms with Crippen LogP contribution in [0, 0.1) is 12.8 Å². The first kappa shape index (κ1) is 24.3. The van der Waals surface area contributed by atoms with E-state index in [1.165, 1.54) is 17.0 Å². The first-order valence-corrected chi connectivity index (χ1v) is 11.2. The lowest BCUT2D eigenvalue weighted by Gasteiger charge is -2.36. The van der Waals surface area contributed by atoms with Gasteiger partial charge in [-0.15, -0.1) is 0 Å². The Hall–Kier alpha value is -2.34. The fourth-order valence-electron chi connectivity index (χ4n) is 3.74. The topological polar surface area (TPSA) is 38.8 Å². The number of likely N-dealkylation sites (tertiary alicyclic amines) is 1. The molecule has 0 atom stereocenters. The molecule has 1 heterocycles. The Morgan fingerprint density at radius 3 is 2.44 bits per heavy atom. The van der Waals surface area contributed by atoms with Crippen LogP contribution in [0.25, 0.3) is 0 Å². The van der Waals surface area contributed by atoms with Gasteiger partial charge in [0.25, 0.3) is 5.92 Å². The fourth-order valence-corrected chi connectivity index (χ4v) is 4.03. The minimum Gasteiger partial charge on any atom is -0.487 e. The summed E-state index contributed by atoms with van der Waals surface area (Å²) in [6, 6.07) is 11.8. The number of carbonyl (C=O) groups is 1. The van der Waals surface area contributed by atoms with Crippen LogP contribution in [0.2, 0.25) is 5.02 Å². The van der Waals surface area contributed by atoms with Crippen molar-refractivity contribution in [3.63, 3.8) is 0 Å². The highest BCUT2D eigenvalue weighted by atomic mass is 35.5. The van der Waals surface area contributed by atoms with E-state index in [1.807, 2.05) is 13.0 Å². The van der Waals surface area contributed by atoms with Crippen molar-refractivity contribution in [2.75, 3.05) is 13.1 Å². The Morgan fingerprint density at radius 2 is 1.81 bits per heavy atom. The normalized spacial score (nSPS) is 15.5. The number of amides is 1. The SMILES string of the molecule is Cc1ccc(OCc2cccc(C(F)(F)C3CCN(C(=O)OC(C)(C)C)CC3)c2)c(Cl)c1. The van der Waals surface area contributed by atoms with Crippen LogP contribution in [0.15, 0.2) is 42.5 Å². The summed E-state index contributed by atoms with van der Waals surface area (Å²) in [5, 5.41) is 0.489. The van der Waals surface area contributed by atoms with Gasteiger partial charge in [-0.3, -0.25) is 0 Å². The molecule has 1 amide bonds. The van der Waals surface area contributed by atoms with Gasteiger partial charge in [0, 0.05) is 24.6 Å². The van der Waals surface area contributed by atoms with E-state index in [-0.39, 0.29) is 38.1 Å². The van der Waals surface area contributed by atoms with Gasteiger partial charge in [0.05, 0.1) is 5.02 Å². The average Bonchev–Trinajstić information content (AvgIpc) is 2.72. The number of carbonyl (C=O) groups excluding carboxylic acids is 1. The Bertz CT molecular complexity index is 950. The Morgan fingerprint density at radius 1 is 1.12 bits per heavy atom. The Kier molecular flexibility index (Phi) is 7.33. The minimum atomic E-state index is -3.00. The zero-order valence-corrected chi connectivity index (χ0v) is 19.7. The first-order valence-electron chi connectivity index (χ1n) is 10.8. The van der Waals surface area contributed by atoms with Crippen molar-refractivity contribution in [3.05, 3.63) is 64.2 Å². The number of halogens is 3. The molecule has 7 heteroatoms. The molecule has 4 nitrogen and oxygen atoms in total. The second kappa shape index (κ2) is 9.65.